The summed E-state index contributed by atoms with van der Waals surface area (Å²) in [5, 5.41) is 10.6. The van der Waals surface area contributed by atoms with Gasteiger partial charge in [0, 0.05) is 13.1 Å². The highest BCUT2D eigenvalue weighted by molar-refractivity contribution is 4.95. The summed E-state index contributed by atoms with van der Waals surface area (Å²) in [6, 6.07) is 0. The molecule has 0 N–H and O–H groups in total. The minimum absolute atomic E-state index is 0.263. The maximum Gasteiger partial charge on any atom is 0.00861 e. The minimum Gasteiger partial charge on any atom is -0.875 e. The van der Waals surface area contributed by atoms with Crippen molar-refractivity contribution < 1.29 is 5.11 Å². The van der Waals surface area contributed by atoms with Crippen LogP contribution in [0.15, 0.2) is 11.8 Å². The summed E-state index contributed by atoms with van der Waals surface area (Å²) in [6.45, 7) is 1.64. The van der Waals surface area contributed by atoms with Crippen LogP contribution in [-0.4, -0.2) is 25.0 Å². The molecule has 0 unspecified atom stereocenters. The van der Waals surface area contributed by atoms with Crippen molar-refractivity contribution in [2.45, 2.75) is 6.42 Å². The van der Waals surface area contributed by atoms with E-state index in [0.29, 0.717) is 6.54 Å². The van der Waals surface area contributed by atoms with Crippen LogP contribution >= 0.6 is 0 Å². The van der Waals surface area contributed by atoms with Crippen molar-refractivity contribution >= 4 is 0 Å². The molecule has 0 saturated heterocycles. The molecule has 46 valence electrons. The molecule has 0 atom stereocenters. The molecule has 0 aromatic rings. The molecule has 2 nitrogen and oxygen atoms in total. The number of rotatable bonds is 0. The van der Waals surface area contributed by atoms with Gasteiger partial charge in [0.15, 0.2) is 0 Å². The van der Waals surface area contributed by atoms with Crippen LogP contribution in [0.1, 0.15) is 6.42 Å². The van der Waals surface area contributed by atoms with Gasteiger partial charge in [-0.2, -0.15) is 0 Å². The van der Waals surface area contributed by atoms with Gasteiger partial charge in [-0.3, -0.25) is 0 Å². The van der Waals surface area contributed by atoms with E-state index in [9.17, 15) is 5.11 Å². The van der Waals surface area contributed by atoms with Crippen LogP contribution in [0.2, 0.25) is 0 Å². The van der Waals surface area contributed by atoms with Crippen molar-refractivity contribution in [2.75, 3.05) is 20.1 Å². The molecule has 1 aliphatic rings. The van der Waals surface area contributed by atoms with Crippen LogP contribution < -0.4 is 5.11 Å². The van der Waals surface area contributed by atoms with Crippen molar-refractivity contribution in [3.63, 3.8) is 0 Å². The third-order valence-electron chi connectivity index (χ3n) is 1.31. The molecule has 1 rings (SSSR count). The molecular formula is C6H10NO-. The molecule has 2 heteroatoms. The van der Waals surface area contributed by atoms with Gasteiger partial charge in [0.1, 0.15) is 0 Å². The van der Waals surface area contributed by atoms with Crippen molar-refractivity contribution in [3.05, 3.63) is 11.8 Å². The molecule has 0 saturated carbocycles. The van der Waals surface area contributed by atoms with Crippen molar-refractivity contribution in [2.24, 2.45) is 0 Å². The van der Waals surface area contributed by atoms with E-state index in [-0.39, 0.29) is 5.76 Å². The Labute approximate surface area is 49.4 Å². The number of nitrogens with zero attached hydrogens (tertiary/aromatic N) is 1. The van der Waals surface area contributed by atoms with Gasteiger partial charge in [0.25, 0.3) is 0 Å². The Bertz CT molecular complexity index is 109. The van der Waals surface area contributed by atoms with Gasteiger partial charge in [0.05, 0.1) is 0 Å². The molecule has 0 aliphatic carbocycles. The maximum atomic E-state index is 10.6. The van der Waals surface area contributed by atoms with E-state index in [1.165, 1.54) is 0 Å². The monoisotopic (exact) mass is 112 g/mol. The van der Waals surface area contributed by atoms with E-state index in [1.54, 1.807) is 6.08 Å². The average Bonchev–Trinajstić information content (AvgIpc) is 1.64. The van der Waals surface area contributed by atoms with Crippen LogP contribution in [0.3, 0.4) is 0 Å². The lowest BCUT2D eigenvalue weighted by molar-refractivity contribution is -0.309. The summed E-state index contributed by atoms with van der Waals surface area (Å²) in [4.78, 5) is 2.03. The summed E-state index contributed by atoms with van der Waals surface area (Å²) in [6.07, 6.45) is 2.69. The molecule has 0 bridgehead atoms. The second-order valence-corrected chi connectivity index (χ2v) is 2.20. The molecule has 0 amide bonds. The maximum absolute atomic E-state index is 10.6. The fourth-order valence-electron chi connectivity index (χ4n) is 0.856. The second kappa shape index (κ2) is 2.18. The van der Waals surface area contributed by atoms with Crippen molar-refractivity contribution in [1.82, 2.24) is 4.90 Å². The molecule has 0 aromatic heterocycles. The predicted octanol–water partition coefficient (Wildman–Crippen LogP) is -0.434. The summed E-state index contributed by atoms with van der Waals surface area (Å²) in [5.41, 5.74) is 0. The van der Waals surface area contributed by atoms with Gasteiger partial charge >= 0.3 is 0 Å². The van der Waals surface area contributed by atoms with Gasteiger partial charge in [-0.25, -0.2) is 0 Å². The third-order valence-corrected chi connectivity index (χ3v) is 1.31. The SMILES string of the molecule is CN1CCC=C([O-])C1. The smallest absolute Gasteiger partial charge is 0.00861 e. The quantitative estimate of drug-likeness (QED) is 0.425. The number of hydrogen-bond donors (Lipinski definition) is 0. The van der Waals surface area contributed by atoms with Crippen LogP contribution in [0.5, 0.6) is 0 Å². The molecule has 0 fully saturated rings. The first-order chi connectivity index (χ1) is 3.79. The molecule has 1 aliphatic heterocycles. The second-order valence-electron chi connectivity index (χ2n) is 2.20. The Kier molecular flexibility index (Phi) is 1.53. The van der Waals surface area contributed by atoms with E-state index in [0.717, 1.165) is 13.0 Å². The zero-order valence-electron chi connectivity index (χ0n) is 5.05. The number of likely N-dealkylation sites (N-methyl/N-ethyl adjacent to an activating group) is 1. The lowest BCUT2D eigenvalue weighted by atomic mass is 10.2. The van der Waals surface area contributed by atoms with E-state index in [4.69, 9.17) is 0 Å². The molecule has 0 aromatic carbocycles. The molecular weight excluding hydrogens is 102 g/mol. The standard InChI is InChI=1S/C6H11NO/c1-7-4-2-3-6(8)5-7/h3,8H,2,4-5H2,1H3/p-1. The van der Waals surface area contributed by atoms with Gasteiger partial charge in [-0.05, 0) is 13.5 Å². The molecule has 0 spiro atoms. The zero-order valence-corrected chi connectivity index (χ0v) is 5.05. The Hall–Kier alpha value is -0.500. The van der Waals surface area contributed by atoms with Gasteiger partial charge < -0.3 is 10.0 Å². The fourth-order valence-corrected chi connectivity index (χ4v) is 0.856. The summed E-state index contributed by atoms with van der Waals surface area (Å²) in [7, 11) is 1.96. The summed E-state index contributed by atoms with van der Waals surface area (Å²) < 4.78 is 0. The topological polar surface area (TPSA) is 26.3 Å². The fraction of sp³-hybridized carbons (Fsp3) is 0.667. The van der Waals surface area contributed by atoms with E-state index in [1.807, 2.05) is 11.9 Å². The lowest BCUT2D eigenvalue weighted by Crippen LogP contribution is -2.29. The number of hydrogen-bond acceptors (Lipinski definition) is 2. The Morgan fingerprint density at radius 2 is 2.50 bits per heavy atom. The third kappa shape index (κ3) is 1.23. The molecule has 0 radical (unpaired) electrons. The largest absolute Gasteiger partial charge is 0.875 e. The Morgan fingerprint density at radius 1 is 1.75 bits per heavy atom. The first-order valence-electron chi connectivity index (χ1n) is 2.83. The first-order valence-corrected chi connectivity index (χ1v) is 2.83. The van der Waals surface area contributed by atoms with E-state index in [2.05, 4.69) is 0 Å². The van der Waals surface area contributed by atoms with Crippen molar-refractivity contribution in [3.8, 4) is 0 Å². The highest BCUT2D eigenvalue weighted by atomic mass is 16.3. The normalized spacial score (nSPS) is 22.9. The van der Waals surface area contributed by atoms with Crippen LogP contribution in [0.25, 0.3) is 0 Å². The average molecular weight is 112 g/mol. The lowest BCUT2D eigenvalue weighted by Gasteiger charge is -2.25. The zero-order chi connectivity index (χ0) is 5.98. The Balaban J connectivity index is 2.45. The van der Waals surface area contributed by atoms with Gasteiger partial charge in [0.2, 0.25) is 0 Å². The highest BCUT2D eigenvalue weighted by Crippen LogP contribution is 2.00. The van der Waals surface area contributed by atoms with Crippen LogP contribution in [-0.2, 0) is 0 Å². The van der Waals surface area contributed by atoms with Gasteiger partial charge in [-0.15, -0.1) is 5.76 Å². The van der Waals surface area contributed by atoms with Crippen molar-refractivity contribution in [1.29, 1.82) is 0 Å². The van der Waals surface area contributed by atoms with Crippen LogP contribution in [0.4, 0.5) is 0 Å². The van der Waals surface area contributed by atoms with Crippen LogP contribution in [0, 0.1) is 0 Å². The summed E-state index contributed by atoms with van der Waals surface area (Å²) >= 11 is 0. The molecule has 8 heavy (non-hydrogen) atoms. The van der Waals surface area contributed by atoms with E-state index >= 15 is 0 Å². The van der Waals surface area contributed by atoms with E-state index < -0.39 is 0 Å². The first kappa shape index (κ1) is 5.63. The summed E-state index contributed by atoms with van der Waals surface area (Å²) in [5.74, 6) is 0.263. The Morgan fingerprint density at radius 3 is 2.88 bits per heavy atom. The predicted molar refractivity (Wildman–Crippen MR) is 30.2 cm³/mol. The highest BCUT2D eigenvalue weighted by Gasteiger charge is 1.98. The van der Waals surface area contributed by atoms with Gasteiger partial charge in [-0.1, -0.05) is 6.08 Å². The minimum atomic E-state index is 0.263. The molecule has 1 heterocycles.